The van der Waals surface area contributed by atoms with Crippen molar-refractivity contribution < 1.29 is 9.59 Å². The highest BCUT2D eigenvalue weighted by Crippen LogP contribution is 2.26. The van der Waals surface area contributed by atoms with Gasteiger partial charge in [-0.3, -0.25) is 10.1 Å². The van der Waals surface area contributed by atoms with E-state index in [4.69, 9.17) is 0 Å². The van der Waals surface area contributed by atoms with Gasteiger partial charge in [-0.25, -0.2) is 4.79 Å². The van der Waals surface area contributed by atoms with Crippen molar-refractivity contribution in [1.29, 1.82) is 0 Å². The number of amides is 3. The van der Waals surface area contributed by atoms with Gasteiger partial charge in [0.15, 0.2) is 0 Å². The van der Waals surface area contributed by atoms with Crippen molar-refractivity contribution in [2.75, 3.05) is 10.6 Å². The van der Waals surface area contributed by atoms with Gasteiger partial charge in [0.1, 0.15) is 11.0 Å². The summed E-state index contributed by atoms with van der Waals surface area (Å²) in [5.74, 6) is -0.364. The normalized spacial score (nSPS) is 11.4. The fourth-order valence-electron chi connectivity index (χ4n) is 3.42. The molecule has 8 heteroatoms. The molecule has 0 saturated carbocycles. The number of benzene rings is 3. The van der Waals surface area contributed by atoms with Crippen LogP contribution in [0.3, 0.4) is 0 Å². The predicted octanol–water partition coefficient (Wildman–Crippen LogP) is 5.14. The van der Waals surface area contributed by atoms with Gasteiger partial charge in [-0.05, 0) is 29.7 Å². The van der Waals surface area contributed by atoms with Gasteiger partial charge >= 0.3 is 6.03 Å². The van der Waals surface area contributed by atoms with Crippen LogP contribution in [0.4, 0.5) is 15.6 Å². The second kappa shape index (κ2) is 11.2. The van der Waals surface area contributed by atoms with Crippen molar-refractivity contribution in [3.63, 3.8) is 0 Å². The van der Waals surface area contributed by atoms with Crippen LogP contribution in [0.2, 0.25) is 0 Å². The summed E-state index contributed by atoms with van der Waals surface area (Å²) >= 11 is 1.28. The Kier molecular flexibility index (Phi) is 7.62. The molecule has 34 heavy (non-hydrogen) atoms. The monoisotopic (exact) mass is 471 g/mol. The van der Waals surface area contributed by atoms with Crippen LogP contribution in [0.15, 0.2) is 84.9 Å². The third-order valence-corrected chi connectivity index (χ3v) is 6.06. The fourth-order valence-corrected chi connectivity index (χ4v) is 4.17. The van der Waals surface area contributed by atoms with Gasteiger partial charge in [0, 0.05) is 17.7 Å². The molecule has 4 aromatic rings. The summed E-state index contributed by atoms with van der Waals surface area (Å²) in [6, 6.07) is 25.6. The molecule has 3 N–H and O–H groups in total. The van der Waals surface area contributed by atoms with Crippen LogP contribution < -0.4 is 16.0 Å². The summed E-state index contributed by atoms with van der Waals surface area (Å²) < 4.78 is 0. The number of urea groups is 1. The lowest BCUT2D eigenvalue weighted by Gasteiger charge is -2.18. The second-order valence-corrected chi connectivity index (χ2v) is 8.64. The summed E-state index contributed by atoms with van der Waals surface area (Å²) in [5.41, 5.74) is 3.64. The third-order valence-electron chi connectivity index (χ3n) is 5.17. The van der Waals surface area contributed by atoms with E-state index in [0.29, 0.717) is 22.2 Å². The standard InChI is InChI=1S/C26H25N5O2S/c1-2-18-12-9-15-21(16-18)27-25(33)28-22(17-19-10-5-3-6-11-19)23(32)29-26-31-30-24(34-26)20-13-7-4-8-14-20/h3-16,22H,2,17H2,1H3,(H2,27,28,33)(H,29,31,32). The number of hydrogen-bond donors (Lipinski definition) is 3. The van der Waals surface area contributed by atoms with Crippen molar-refractivity contribution in [1.82, 2.24) is 15.5 Å². The third kappa shape index (κ3) is 6.26. The predicted molar refractivity (Wildman–Crippen MR) is 136 cm³/mol. The topological polar surface area (TPSA) is 96.0 Å². The average Bonchev–Trinajstić information content (AvgIpc) is 3.33. The van der Waals surface area contributed by atoms with Crippen molar-refractivity contribution in [2.24, 2.45) is 0 Å². The van der Waals surface area contributed by atoms with Crippen LogP contribution in [-0.2, 0) is 17.6 Å². The largest absolute Gasteiger partial charge is 0.326 e. The quantitative estimate of drug-likeness (QED) is 0.332. The molecule has 1 aromatic heterocycles. The van der Waals surface area contributed by atoms with Gasteiger partial charge in [0.05, 0.1) is 0 Å². The molecule has 0 bridgehead atoms. The summed E-state index contributed by atoms with van der Waals surface area (Å²) in [5, 5.41) is 17.8. The first-order valence-electron chi connectivity index (χ1n) is 11.0. The Morgan fingerprint density at radius 3 is 2.29 bits per heavy atom. The second-order valence-electron chi connectivity index (χ2n) is 7.66. The minimum atomic E-state index is -0.805. The van der Waals surface area contributed by atoms with E-state index in [1.807, 2.05) is 84.9 Å². The molecule has 4 rings (SSSR count). The molecule has 3 aromatic carbocycles. The van der Waals surface area contributed by atoms with E-state index in [9.17, 15) is 9.59 Å². The van der Waals surface area contributed by atoms with Crippen LogP contribution in [0.25, 0.3) is 10.6 Å². The Hall–Kier alpha value is -4.04. The first-order chi connectivity index (χ1) is 16.6. The molecular formula is C26H25N5O2S. The molecule has 0 aliphatic rings. The van der Waals surface area contributed by atoms with Crippen molar-refractivity contribution >= 4 is 34.1 Å². The maximum atomic E-state index is 13.1. The van der Waals surface area contributed by atoms with Crippen LogP contribution in [-0.4, -0.2) is 28.2 Å². The zero-order chi connectivity index (χ0) is 23.8. The molecule has 0 radical (unpaired) electrons. The molecule has 0 spiro atoms. The SMILES string of the molecule is CCc1cccc(NC(=O)NC(Cc2ccccc2)C(=O)Nc2nnc(-c3ccccc3)s2)c1. The lowest BCUT2D eigenvalue weighted by atomic mass is 10.1. The molecule has 172 valence electrons. The zero-order valence-electron chi connectivity index (χ0n) is 18.7. The van der Waals surface area contributed by atoms with Gasteiger partial charge in [-0.15, -0.1) is 10.2 Å². The molecule has 7 nitrogen and oxygen atoms in total. The first kappa shape index (κ1) is 23.1. The number of nitrogens with zero attached hydrogens (tertiary/aromatic N) is 2. The highest BCUT2D eigenvalue weighted by Gasteiger charge is 2.23. The lowest BCUT2D eigenvalue weighted by Crippen LogP contribution is -2.46. The van der Waals surface area contributed by atoms with Gasteiger partial charge in [-0.1, -0.05) is 91.1 Å². The highest BCUT2D eigenvalue weighted by atomic mass is 32.1. The van der Waals surface area contributed by atoms with E-state index >= 15 is 0 Å². The molecule has 0 aliphatic carbocycles. The van der Waals surface area contributed by atoms with Crippen LogP contribution in [0.1, 0.15) is 18.1 Å². The number of nitrogens with one attached hydrogen (secondary N) is 3. The smallest absolute Gasteiger partial charge is 0.319 e. The summed E-state index contributed by atoms with van der Waals surface area (Å²) in [6.07, 6.45) is 1.20. The van der Waals surface area contributed by atoms with Crippen molar-refractivity contribution in [3.8, 4) is 10.6 Å². The number of anilines is 2. The Labute approximate surface area is 202 Å². The molecule has 0 saturated heterocycles. The number of rotatable bonds is 8. The van der Waals surface area contributed by atoms with E-state index in [-0.39, 0.29) is 5.91 Å². The Morgan fingerprint density at radius 2 is 1.56 bits per heavy atom. The van der Waals surface area contributed by atoms with Crippen LogP contribution in [0.5, 0.6) is 0 Å². The molecule has 1 unspecified atom stereocenters. The average molecular weight is 472 g/mol. The number of carbonyl (C=O) groups is 2. The van der Waals surface area contributed by atoms with E-state index in [0.717, 1.165) is 23.1 Å². The molecule has 0 fully saturated rings. The Bertz CT molecular complexity index is 1240. The van der Waals surface area contributed by atoms with E-state index in [2.05, 4.69) is 33.1 Å². The highest BCUT2D eigenvalue weighted by molar-refractivity contribution is 7.18. The molecule has 1 heterocycles. The maximum Gasteiger partial charge on any atom is 0.319 e. The summed E-state index contributed by atoms with van der Waals surface area (Å²) in [6.45, 7) is 2.05. The van der Waals surface area contributed by atoms with E-state index in [1.165, 1.54) is 11.3 Å². The molecule has 0 aliphatic heterocycles. The van der Waals surface area contributed by atoms with Gasteiger partial charge < -0.3 is 10.6 Å². The van der Waals surface area contributed by atoms with Gasteiger partial charge in [0.2, 0.25) is 11.0 Å². The fraction of sp³-hybridized carbons (Fsp3) is 0.154. The van der Waals surface area contributed by atoms with Crippen LogP contribution in [0, 0.1) is 0 Å². The lowest BCUT2D eigenvalue weighted by molar-refractivity contribution is -0.117. The van der Waals surface area contributed by atoms with Gasteiger partial charge in [0.25, 0.3) is 0 Å². The molecule has 3 amide bonds. The zero-order valence-corrected chi connectivity index (χ0v) is 19.5. The van der Waals surface area contributed by atoms with Crippen LogP contribution >= 0.6 is 11.3 Å². The van der Waals surface area contributed by atoms with Crippen molar-refractivity contribution in [3.05, 3.63) is 96.1 Å². The number of aryl methyl sites for hydroxylation is 1. The molecule has 1 atom stereocenters. The summed E-state index contributed by atoms with van der Waals surface area (Å²) in [4.78, 5) is 25.9. The number of carbonyl (C=O) groups excluding carboxylic acids is 2. The Balaban J connectivity index is 1.47. The minimum absolute atomic E-state index is 0.333. The number of aromatic nitrogens is 2. The first-order valence-corrected chi connectivity index (χ1v) is 11.8. The Morgan fingerprint density at radius 1 is 0.853 bits per heavy atom. The maximum absolute atomic E-state index is 13.1. The number of hydrogen-bond acceptors (Lipinski definition) is 5. The van der Waals surface area contributed by atoms with Gasteiger partial charge in [-0.2, -0.15) is 0 Å². The molecular weight excluding hydrogens is 446 g/mol. The van der Waals surface area contributed by atoms with Crippen molar-refractivity contribution in [2.45, 2.75) is 25.8 Å². The summed E-state index contributed by atoms with van der Waals surface area (Å²) in [7, 11) is 0. The van der Waals surface area contributed by atoms with E-state index in [1.54, 1.807) is 0 Å². The van der Waals surface area contributed by atoms with E-state index < -0.39 is 12.1 Å². The minimum Gasteiger partial charge on any atom is -0.326 e.